The molecule has 0 aromatic heterocycles. The van der Waals surface area contributed by atoms with Gasteiger partial charge in [-0.15, -0.1) is 0 Å². The highest BCUT2D eigenvalue weighted by Crippen LogP contribution is 2.24. The third-order valence-electron chi connectivity index (χ3n) is 0.562. The lowest BCUT2D eigenvalue weighted by Crippen LogP contribution is -2.11. The lowest BCUT2D eigenvalue weighted by molar-refractivity contribution is -0.0902. The van der Waals surface area contributed by atoms with Crippen molar-refractivity contribution >= 4 is 15.9 Å². The summed E-state index contributed by atoms with van der Waals surface area (Å²) in [5, 5.41) is -0.212. The number of allylic oxidation sites excluding steroid dienone is 1. The predicted octanol–water partition coefficient (Wildman–Crippen LogP) is 2.50. The van der Waals surface area contributed by atoms with Gasteiger partial charge in [0.15, 0.2) is 0 Å². The van der Waals surface area contributed by atoms with Crippen molar-refractivity contribution in [2.75, 3.05) is 5.33 Å². The van der Waals surface area contributed by atoms with E-state index in [0.29, 0.717) is 0 Å². The minimum Gasteiger partial charge on any atom is -0.166 e. The van der Waals surface area contributed by atoms with Gasteiger partial charge in [0.1, 0.15) is 0 Å². The summed E-state index contributed by atoms with van der Waals surface area (Å²) in [6, 6.07) is 0. The fourth-order valence-electron chi connectivity index (χ4n) is 0.0758. The molecule has 0 amide bonds. The lowest BCUT2D eigenvalue weighted by atomic mass is 10.3. The third-order valence-corrected chi connectivity index (χ3v) is 1.24. The summed E-state index contributed by atoms with van der Waals surface area (Å²) in [5.41, 5.74) is -0.752. The number of rotatable bonds is 1. The van der Waals surface area contributed by atoms with Crippen molar-refractivity contribution < 1.29 is 13.2 Å². The molecule has 0 bridgehead atoms. The van der Waals surface area contributed by atoms with Crippen LogP contribution in [-0.4, -0.2) is 11.5 Å². The largest absolute Gasteiger partial charge is 0.412 e. The maximum Gasteiger partial charge on any atom is 0.412 e. The summed E-state index contributed by atoms with van der Waals surface area (Å²) < 4.78 is 34.0. The second-order valence-corrected chi connectivity index (χ2v) is 1.80. The molecule has 0 unspecified atom stereocenters. The van der Waals surface area contributed by atoms with Gasteiger partial charge in [0, 0.05) is 10.9 Å². The molecule has 0 aromatic rings. The van der Waals surface area contributed by atoms with Gasteiger partial charge in [0.25, 0.3) is 0 Å². The maximum absolute atomic E-state index is 11.3. The van der Waals surface area contributed by atoms with Crippen LogP contribution < -0.4 is 0 Å². The minimum atomic E-state index is -4.23. The van der Waals surface area contributed by atoms with Crippen molar-refractivity contribution in [3.05, 3.63) is 12.2 Å². The fraction of sp³-hybridized carbons (Fsp3) is 0.500. The average Bonchev–Trinajstić information content (AvgIpc) is 1.62. The molecule has 0 heterocycles. The average molecular weight is 189 g/mol. The first-order valence-electron chi connectivity index (χ1n) is 1.79. The molecule has 8 heavy (non-hydrogen) atoms. The van der Waals surface area contributed by atoms with E-state index < -0.39 is 11.7 Å². The van der Waals surface area contributed by atoms with Gasteiger partial charge in [-0.3, -0.25) is 0 Å². The van der Waals surface area contributed by atoms with Crippen molar-refractivity contribution in [2.45, 2.75) is 6.18 Å². The van der Waals surface area contributed by atoms with Crippen LogP contribution in [0.2, 0.25) is 0 Å². The van der Waals surface area contributed by atoms with Crippen LogP contribution in [0.1, 0.15) is 0 Å². The topological polar surface area (TPSA) is 0 Å². The van der Waals surface area contributed by atoms with E-state index in [9.17, 15) is 13.2 Å². The highest BCUT2D eigenvalue weighted by Gasteiger charge is 2.30. The smallest absolute Gasteiger partial charge is 0.166 e. The third kappa shape index (κ3) is 2.35. The normalized spacial score (nSPS) is 11.5. The Labute approximate surface area is 53.5 Å². The molecule has 0 aliphatic rings. The van der Waals surface area contributed by atoms with Crippen molar-refractivity contribution in [1.82, 2.24) is 0 Å². The molecule has 0 aliphatic heterocycles. The second-order valence-electron chi connectivity index (χ2n) is 1.23. The van der Waals surface area contributed by atoms with Crippen LogP contribution in [0.5, 0.6) is 0 Å². The summed E-state index contributed by atoms with van der Waals surface area (Å²) in [7, 11) is 0. The van der Waals surface area contributed by atoms with E-state index in [1.54, 1.807) is 0 Å². The molecule has 0 saturated heterocycles. The van der Waals surface area contributed by atoms with Crippen molar-refractivity contribution in [3.8, 4) is 0 Å². The monoisotopic (exact) mass is 188 g/mol. The molecule has 0 aliphatic carbocycles. The van der Waals surface area contributed by atoms with E-state index in [-0.39, 0.29) is 5.33 Å². The molecule has 0 atom stereocenters. The van der Waals surface area contributed by atoms with E-state index in [1.165, 1.54) is 0 Å². The van der Waals surface area contributed by atoms with Gasteiger partial charge in [-0.05, 0) is 0 Å². The van der Waals surface area contributed by atoms with Crippen LogP contribution in [0, 0.1) is 0 Å². The van der Waals surface area contributed by atoms with E-state index in [4.69, 9.17) is 0 Å². The van der Waals surface area contributed by atoms with Crippen LogP contribution in [0.25, 0.3) is 0 Å². The summed E-state index contributed by atoms with van der Waals surface area (Å²) in [6.07, 6.45) is -4.23. The SMILES string of the molecule is C=C(CBr)C(F)(F)F. The molecule has 4 heteroatoms. The Balaban J connectivity index is 3.82. The molecule has 48 valence electrons. The Morgan fingerprint density at radius 3 is 1.88 bits per heavy atom. The first kappa shape index (κ1) is 8.01. The number of hydrogen-bond donors (Lipinski definition) is 0. The Morgan fingerprint density at radius 2 is 1.88 bits per heavy atom. The molecule has 0 nitrogen and oxygen atoms in total. The Kier molecular flexibility index (Phi) is 2.53. The summed E-state index contributed by atoms with van der Waals surface area (Å²) in [5.74, 6) is 0. The molecule has 0 fully saturated rings. The van der Waals surface area contributed by atoms with E-state index >= 15 is 0 Å². The Hall–Kier alpha value is 0.01000. The zero-order valence-corrected chi connectivity index (χ0v) is 5.51. The number of hydrogen-bond acceptors (Lipinski definition) is 0. The van der Waals surface area contributed by atoms with Gasteiger partial charge in [-0.2, -0.15) is 13.2 Å². The van der Waals surface area contributed by atoms with Crippen LogP contribution in [0.3, 0.4) is 0 Å². The van der Waals surface area contributed by atoms with Gasteiger partial charge in [0.2, 0.25) is 0 Å². The summed E-state index contributed by atoms with van der Waals surface area (Å²) >= 11 is 2.63. The van der Waals surface area contributed by atoms with Crippen LogP contribution >= 0.6 is 15.9 Å². The number of halogens is 4. The standard InChI is InChI=1S/C4H4BrF3/c1-3(2-5)4(6,7)8/h1-2H2. The molecule has 0 spiro atoms. The van der Waals surface area contributed by atoms with Crippen LogP contribution in [0.15, 0.2) is 12.2 Å². The van der Waals surface area contributed by atoms with Gasteiger partial charge in [-0.1, -0.05) is 22.5 Å². The van der Waals surface area contributed by atoms with Crippen LogP contribution in [0.4, 0.5) is 13.2 Å². The molecule has 0 saturated carbocycles. The van der Waals surface area contributed by atoms with Crippen molar-refractivity contribution in [1.29, 1.82) is 0 Å². The quantitative estimate of drug-likeness (QED) is 0.439. The number of alkyl halides is 4. The second kappa shape index (κ2) is 2.53. The highest BCUT2D eigenvalue weighted by atomic mass is 79.9. The van der Waals surface area contributed by atoms with Crippen LogP contribution in [-0.2, 0) is 0 Å². The molecule has 0 aromatic carbocycles. The molecule has 0 radical (unpaired) electrons. The minimum absolute atomic E-state index is 0.212. The maximum atomic E-state index is 11.3. The first-order chi connectivity index (χ1) is 3.48. The van der Waals surface area contributed by atoms with E-state index in [1.807, 2.05) is 0 Å². The zero-order chi connectivity index (χ0) is 6.78. The zero-order valence-electron chi connectivity index (χ0n) is 3.93. The van der Waals surface area contributed by atoms with E-state index in [2.05, 4.69) is 22.5 Å². The Bertz CT molecular complexity index is 93.9. The van der Waals surface area contributed by atoms with Gasteiger partial charge >= 0.3 is 6.18 Å². The fourth-order valence-corrected chi connectivity index (χ4v) is 0.394. The van der Waals surface area contributed by atoms with Crippen molar-refractivity contribution in [2.24, 2.45) is 0 Å². The molecular weight excluding hydrogens is 185 g/mol. The lowest BCUT2D eigenvalue weighted by Gasteiger charge is -2.04. The van der Waals surface area contributed by atoms with E-state index in [0.717, 1.165) is 0 Å². The summed E-state index contributed by atoms with van der Waals surface area (Å²) in [6.45, 7) is 2.77. The Morgan fingerprint density at radius 1 is 1.50 bits per heavy atom. The summed E-state index contributed by atoms with van der Waals surface area (Å²) in [4.78, 5) is 0. The molecule has 0 N–H and O–H groups in total. The molecular formula is C4H4BrF3. The van der Waals surface area contributed by atoms with Gasteiger partial charge in [0.05, 0.1) is 0 Å². The van der Waals surface area contributed by atoms with Crippen molar-refractivity contribution in [3.63, 3.8) is 0 Å². The van der Waals surface area contributed by atoms with Gasteiger partial charge < -0.3 is 0 Å². The molecule has 0 rings (SSSR count). The highest BCUT2D eigenvalue weighted by molar-refractivity contribution is 9.09. The van der Waals surface area contributed by atoms with Gasteiger partial charge in [-0.25, -0.2) is 0 Å². The predicted molar refractivity (Wildman–Crippen MR) is 29.0 cm³/mol. The first-order valence-corrected chi connectivity index (χ1v) is 2.91.